The van der Waals surface area contributed by atoms with E-state index in [9.17, 15) is 4.79 Å². The van der Waals surface area contributed by atoms with Crippen molar-refractivity contribution < 1.29 is 9.53 Å². The highest BCUT2D eigenvalue weighted by Crippen LogP contribution is 2.14. The number of hydrogen-bond acceptors (Lipinski definition) is 4. The Hall–Kier alpha value is -1.55. The van der Waals surface area contributed by atoms with Gasteiger partial charge in [-0.3, -0.25) is 0 Å². The zero-order valence-electron chi connectivity index (χ0n) is 16.5. The molecule has 1 aromatic rings. The Bertz CT molecular complexity index is 485. The molecule has 0 aromatic heterocycles. The van der Waals surface area contributed by atoms with Crippen LogP contribution in [0.2, 0.25) is 0 Å². The first-order valence-corrected chi connectivity index (χ1v) is 9.57. The van der Waals surface area contributed by atoms with Gasteiger partial charge in [0.15, 0.2) is 0 Å². The molecule has 0 aliphatic heterocycles. The number of hydrogen-bond donors (Lipinski definition) is 2. The lowest BCUT2D eigenvalue weighted by molar-refractivity contribution is 0.0335. The Labute approximate surface area is 153 Å². The summed E-state index contributed by atoms with van der Waals surface area (Å²) < 4.78 is 5.54. The molecule has 0 fully saturated rings. The first kappa shape index (κ1) is 21.5. The minimum absolute atomic E-state index is 0.161. The van der Waals surface area contributed by atoms with Crippen LogP contribution in [0.25, 0.3) is 0 Å². The lowest BCUT2D eigenvalue weighted by atomic mass is 9.97. The molecule has 3 N–H and O–H groups in total. The van der Waals surface area contributed by atoms with E-state index in [1.54, 1.807) is 24.3 Å². The molecule has 1 atom stereocenters. The van der Waals surface area contributed by atoms with Crippen LogP contribution in [0, 0.1) is 11.8 Å². The van der Waals surface area contributed by atoms with Crippen molar-refractivity contribution in [3.63, 3.8) is 0 Å². The molecule has 0 heterocycles. The van der Waals surface area contributed by atoms with Crippen LogP contribution in [0.1, 0.15) is 70.7 Å². The first-order valence-electron chi connectivity index (χ1n) is 9.57. The van der Waals surface area contributed by atoms with Crippen LogP contribution >= 0.6 is 0 Å². The lowest BCUT2D eigenvalue weighted by Gasteiger charge is -2.23. The van der Waals surface area contributed by atoms with E-state index in [2.05, 4.69) is 33.0 Å². The second kappa shape index (κ2) is 11.1. The van der Waals surface area contributed by atoms with Gasteiger partial charge in [-0.1, -0.05) is 27.7 Å². The average molecular weight is 349 g/mol. The number of benzene rings is 1. The normalized spacial score (nSPS) is 12.8. The molecule has 0 spiro atoms. The Kier molecular flexibility index (Phi) is 9.58. The van der Waals surface area contributed by atoms with Gasteiger partial charge in [-0.05, 0) is 68.7 Å². The van der Waals surface area contributed by atoms with Gasteiger partial charge in [-0.15, -0.1) is 0 Å². The van der Waals surface area contributed by atoms with Gasteiger partial charge in [-0.25, -0.2) is 4.79 Å². The van der Waals surface area contributed by atoms with Crippen molar-refractivity contribution in [3.8, 4) is 0 Å². The number of esters is 1. The minimum Gasteiger partial charge on any atom is -0.458 e. The fourth-order valence-corrected chi connectivity index (χ4v) is 2.66. The van der Waals surface area contributed by atoms with Gasteiger partial charge in [-0.2, -0.15) is 0 Å². The number of nitrogens with one attached hydrogen (secondary N) is 1. The van der Waals surface area contributed by atoms with Crippen molar-refractivity contribution in [2.24, 2.45) is 11.8 Å². The molecule has 0 bridgehead atoms. The molecule has 0 radical (unpaired) electrons. The number of ether oxygens (including phenoxy) is 1. The van der Waals surface area contributed by atoms with E-state index in [1.165, 1.54) is 25.7 Å². The summed E-state index contributed by atoms with van der Waals surface area (Å²) in [7, 11) is 0. The molecule has 0 aliphatic rings. The Morgan fingerprint density at radius 3 is 1.96 bits per heavy atom. The molecule has 0 saturated carbocycles. The van der Waals surface area contributed by atoms with Crippen molar-refractivity contribution >= 4 is 11.7 Å². The average Bonchev–Trinajstić information content (AvgIpc) is 2.54. The molecular formula is C21H36N2O2. The minimum atomic E-state index is -0.296. The molecule has 1 rings (SSSR count). The van der Waals surface area contributed by atoms with E-state index in [0.29, 0.717) is 35.7 Å². The van der Waals surface area contributed by atoms with Crippen LogP contribution in [-0.2, 0) is 4.74 Å². The standard InChI is InChI=1S/C21H36N2O2/c1-15(2)6-12-20(13-7-16(3)4)23-14-17(5)25-21(24)18-8-10-19(22)11-9-18/h8-11,15-17,20,23H,6-7,12-14,22H2,1-5H3. The van der Waals surface area contributed by atoms with Gasteiger partial charge >= 0.3 is 5.97 Å². The topological polar surface area (TPSA) is 64.3 Å². The van der Waals surface area contributed by atoms with E-state index in [-0.39, 0.29) is 12.1 Å². The number of rotatable bonds is 11. The van der Waals surface area contributed by atoms with Crippen LogP contribution in [0.3, 0.4) is 0 Å². The summed E-state index contributed by atoms with van der Waals surface area (Å²) in [6, 6.07) is 7.32. The number of nitrogens with two attached hydrogens (primary N) is 1. The van der Waals surface area contributed by atoms with Crippen molar-refractivity contribution in [2.75, 3.05) is 12.3 Å². The smallest absolute Gasteiger partial charge is 0.338 e. The van der Waals surface area contributed by atoms with E-state index in [1.807, 2.05) is 6.92 Å². The summed E-state index contributed by atoms with van der Waals surface area (Å²) in [5.74, 6) is 1.13. The summed E-state index contributed by atoms with van der Waals surface area (Å²) in [5.41, 5.74) is 6.83. The molecule has 0 amide bonds. The summed E-state index contributed by atoms with van der Waals surface area (Å²) in [5, 5.41) is 3.60. The summed E-state index contributed by atoms with van der Waals surface area (Å²) >= 11 is 0. The molecule has 1 unspecified atom stereocenters. The van der Waals surface area contributed by atoms with E-state index in [0.717, 1.165) is 0 Å². The van der Waals surface area contributed by atoms with Crippen molar-refractivity contribution in [2.45, 2.75) is 72.4 Å². The highest BCUT2D eigenvalue weighted by molar-refractivity contribution is 5.89. The third-order valence-electron chi connectivity index (χ3n) is 4.33. The second-order valence-electron chi connectivity index (χ2n) is 7.89. The van der Waals surface area contributed by atoms with Gasteiger partial charge < -0.3 is 15.8 Å². The van der Waals surface area contributed by atoms with Gasteiger partial charge in [0.2, 0.25) is 0 Å². The molecular weight excluding hydrogens is 312 g/mol. The molecule has 4 nitrogen and oxygen atoms in total. The Balaban J connectivity index is 2.44. The number of anilines is 1. The van der Waals surface area contributed by atoms with Crippen molar-refractivity contribution in [3.05, 3.63) is 29.8 Å². The monoisotopic (exact) mass is 348 g/mol. The quantitative estimate of drug-likeness (QED) is 0.451. The first-order chi connectivity index (χ1) is 11.8. The van der Waals surface area contributed by atoms with Gasteiger partial charge in [0.25, 0.3) is 0 Å². The highest BCUT2D eigenvalue weighted by atomic mass is 16.5. The maximum Gasteiger partial charge on any atom is 0.338 e. The molecule has 0 saturated heterocycles. The van der Waals surface area contributed by atoms with E-state index >= 15 is 0 Å². The summed E-state index contributed by atoms with van der Waals surface area (Å²) in [6.07, 6.45) is 4.61. The van der Waals surface area contributed by atoms with E-state index < -0.39 is 0 Å². The van der Waals surface area contributed by atoms with Gasteiger partial charge in [0, 0.05) is 18.3 Å². The summed E-state index contributed by atoms with van der Waals surface area (Å²) in [4.78, 5) is 12.2. The SMILES string of the molecule is CC(C)CCC(CCC(C)C)NCC(C)OC(=O)c1ccc(N)cc1. The zero-order valence-corrected chi connectivity index (χ0v) is 16.5. The van der Waals surface area contributed by atoms with Crippen LogP contribution in [-0.4, -0.2) is 24.7 Å². The number of nitrogen functional groups attached to an aromatic ring is 1. The maximum atomic E-state index is 12.2. The largest absolute Gasteiger partial charge is 0.458 e. The third kappa shape index (κ3) is 9.49. The fraction of sp³-hybridized carbons (Fsp3) is 0.667. The predicted molar refractivity (Wildman–Crippen MR) is 106 cm³/mol. The van der Waals surface area contributed by atoms with Crippen LogP contribution in [0.5, 0.6) is 0 Å². The number of carbonyl (C=O) groups is 1. The lowest BCUT2D eigenvalue weighted by Crippen LogP contribution is -2.37. The predicted octanol–water partition coefficient (Wildman–Crippen LogP) is 4.64. The van der Waals surface area contributed by atoms with Crippen LogP contribution in [0.4, 0.5) is 5.69 Å². The molecule has 4 heteroatoms. The highest BCUT2D eigenvalue weighted by Gasteiger charge is 2.15. The maximum absolute atomic E-state index is 12.2. The Morgan fingerprint density at radius 2 is 1.48 bits per heavy atom. The summed E-state index contributed by atoms with van der Waals surface area (Å²) in [6.45, 7) is 11.7. The Morgan fingerprint density at radius 1 is 0.960 bits per heavy atom. The second-order valence-corrected chi connectivity index (χ2v) is 7.89. The van der Waals surface area contributed by atoms with Crippen LogP contribution in [0.15, 0.2) is 24.3 Å². The number of carbonyl (C=O) groups excluding carboxylic acids is 1. The molecule has 1 aromatic carbocycles. The molecule has 25 heavy (non-hydrogen) atoms. The third-order valence-corrected chi connectivity index (χ3v) is 4.33. The zero-order chi connectivity index (χ0) is 18.8. The van der Waals surface area contributed by atoms with Crippen molar-refractivity contribution in [1.29, 1.82) is 0 Å². The van der Waals surface area contributed by atoms with Crippen LogP contribution < -0.4 is 11.1 Å². The fourth-order valence-electron chi connectivity index (χ4n) is 2.66. The van der Waals surface area contributed by atoms with Crippen molar-refractivity contribution in [1.82, 2.24) is 5.32 Å². The molecule has 142 valence electrons. The van der Waals surface area contributed by atoms with Gasteiger partial charge in [0.05, 0.1) is 5.56 Å². The van der Waals surface area contributed by atoms with Gasteiger partial charge in [0.1, 0.15) is 6.10 Å². The molecule has 0 aliphatic carbocycles. The van der Waals surface area contributed by atoms with E-state index in [4.69, 9.17) is 10.5 Å².